The van der Waals surface area contributed by atoms with Gasteiger partial charge in [0.05, 0.1) is 39.6 Å². The molecule has 130 valence electrons. The van der Waals surface area contributed by atoms with Crippen molar-refractivity contribution in [3.63, 3.8) is 0 Å². The Morgan fingerprint density at radius 3 is 2.21 bits per heavy atom. The molecule has 1 heterocycles. The Bertz CT molecular complexity index is 667. The van der Waals surface area contributed by atoms with E-state index in [1.165, 1.54) is 27.5 Å². The molecule has 3 N–H and O–H groups in total. The van der Waals surface area contributed by atoms with Gasteiger partial charge in [-0.15, -0.1) is 12.4 Å². The number of nitrogens with two attached hydrogens (primary N) is 1. The quantitative estimate of drug-likeness (QED) is 0.827. The lowest BCUT2D eigenvalue weighted by Crippen LogP contribution is -2.15. The van der Waals surface area contributed by atoms with Crippen molar-refractivity contribution in [2.24, 2.45) is 0 Å². The average Bonchev–Trinajstić information content (AvgIpc) is 2.55. The molecule has 0 unspecified atom stereocenters. The monoisotopic (exact) mass is 353 g/mol. The Balaban J connectivity index is 0.00000288. The van der Waals surface area contributed by atoms with Gasteiger partial charge in [0.15, 0.2) is 11.5 Å². The molecular weight excluding hydrogens is 334 g/mol. The molecule has 7 nitrogen and oxygen atoms in total. The topological polar surface area (TPSA) is 95.7 Å². The number of benzene rings is 1. The van der Waals surface area contributed by atoms with Gasteiger partial charge >= 0.3 is 0 Å². The number of halogens is 1. The highest BCUT2D eigenvalue weighted by molar-refractivity contribution is 5.92. The second kappa shape index (κ2) is 8.83. The molecule has 0 aliphatic heterocycles. The maximum absolute atomic E-state index is 12.1. The van der Waals surface area contributed by atoms with Gasteiger partial charge in [0.2, 0.25) is 11.7 Å². The average molecular weight is 354 g/mol. The number of rotatable bonds is 6. The molecule has 0 saturated heterocycles. The number of hydrogen-bond acceptors (Lipinski definition) is 6. The van der Waals surface area contributed by atoms with Crippen LogP contribution in [0.15, 0.2) is 30.5 Å². The predicted octanol–water partition coefficient (Wildman–Crippen LogP) is 2.29. The van der Waals surface area contributed by atoms with E-state index in [2.05, 4.69) is 10.3 Å². The third-order valence-electron chi connectivity index (χ3n) is 3.14. The van der Waals surface area contributed by atoms with Crippen molar-refractivity contribution in [2.75, 3.05) is 32.4 Å². The Hall–Kier alpha value is -2.67. The number of pyridine rings is 1. The minimum absolute atomic E-state index is 0. The summed E-state index contributed by atoms with van der Waals surface area (Å²) < 4.78 is 15.7. The van der Waals surface area contributed by atoms with Crippen LogP contribution in [0, 0.1) is 0 Å². The summed E-state index contributed by atoms with van der Waals surface area (Å²) in [6, 6.07) is 6.74. The van der Waals surface area contributed by atoms with Crippen LogP contribution in [0.3, 0.4) is 0 Å². The Kier molecular flexibility index (Phi) is 7.13. The molecule has 0 saturated carbocycles. The van der Waals surface area contributed by atoms with Crippen molar-refractivity contribution < 1.29 is 19.0 Å². The Labute approximate surface area is 146 Å². The predicted molar refractivity (Wildman–Crippen MR) is 94.3 cm³/mol. The molecule has 0 bridgehead atoms. The summed E-state index contributed by atoms with van der Waals surface area (Å²) in [4.78, 5) is 16.2. The first-order valence-corrected chi connectivity index (χ1v) is 6.87. The fourth-order valence-electron chi connectivity index (χ4n) is 2.06. The lowest BCUT2D eigenvalue weighted by atomic mass is 10.2. The van der Waals surface area contributed by atoms with Crippen LogP contribution in [0.5, 0.6) is 17.2 Å². The van der Waals surface area contributed by atoms with Gasteiger partial charge in [0.1, 0.15) is 0 Å². The summed E-state index contributed by atoms with van der Waals surface area (Å²) >= 11 is 0. The minimum atomic E-state index is -0.212. The van der Waals surface area contributed by atoms with Crippen LogP contribution < -0.4 is 25.3 Å². The number of carbonyl (C=O) groups excluding carboxylic acids is 1. The zero-order valence-corrected chi connectivity index (χ0v) is 14.5. The molecule has 0 aliphatic carbocycles. The van der Waals surface area contributed by atoms with E-state index in [0.29, 0.717) is 34.3 Å². The molecule has 8 heteroatoms. The van der Waals surface area contributed by atoms with Crippen LogP contribution in [0.1, 0.15) is 5.69 Å². The molecule has 0 radical (unpaired) electrons. The van der Waals surface area contributed by atoms with Crippen molar-refractivity contribution in [1.82, 2.24) is 4.98 Å². The second-order valence-corrected chi connectivity index (χ2v) is 4.72. The summed E-state index contributed by atoms with van der Waals surface area (Å²) in [6.45, 7) is 0. The molecule has 24 heavy (non-hydrogen) atoms. The third kappa shape index (κ3) is 4.66. The van der Waals surface area contributed by atoms with Crippen LogP contribution in [0.2, 0.25) is 0 Å². The fourth-order valence-corrected chi connectivity index (χ4v) is 2.06. The Morgan fingerprint density at radius 1 is 1.12 bits per heavy atom. The van der Waals surface area contributed by atoms with Crippen molar-refractivity contribution in [2.45, 2.75) is 6.42 Å². The number of anilines is 2. The summed E-state index contributed by atoms with van der Waals surface area (Å²) in [5, 5.41) is 2.78. The van der Waals surface area contributed by atoms with Gasteiger partial charge in [0.25, 0.3) is 0 Å². The smallest absolute Gasteiger partial charge is 0.230 e. The van der Waals surface area contributed by atoms with Gasteiger partial charge < -0.3 is 25.3 Å². The standard InChI is InChI=1S/C16H19N3O4.ClH/c1-21-13-6-12(7-14(22-2)16(13)23-3)19-15(20)8-11-5-4-10(17)9-18-11;/h4-7,9H,8,17H2,1-3H3,(H,19,20);1H. The fraction of sp³-hybridized carbons (Fsp3) is 0.250. The highest BCUT2D eigenvalue weighted by atomic mass is 35.5. The summed E-state index contributed by atoms with van der Waals surface area (Å²) in [5.74, 6) is 1.19. The summed E-state index contributed by atoms with van der Waals surface area (Å²) in [7, 11) is 4.55. The molecule has 1 aromatic carbocycles. The SMILES string of the molecule is COc1cc(NC(=O)Cc2ccc(N)cn2)cc(OC)c1OC.Cl. The van der Waals surface area contributed by atoms with Crippen LogP contribution in [0.4, 0.5) is 11.4 Å². The third-order valence-corrected chi connectivity index (χ3v) is 3.14. The first-order chi connectivity index (χ1) is 11.1. The van der Waals surface area contributed by atoms with E-state index in [1.807, 2.05) is 0 Å². The van der Waals surface area contributed by atoms with E-state index in [4.69, 9.17) is 19.9 Å². The normalized spacial score (nSPS) is 9.62. The van der Waals surface area contributed by atoms with Gasteiger partial charge in [-0.25, -0.2) is 0 Å². The Morgan fingerprint density at radius 2 is 1.75 bits per heavy atom. The molecule has 0 fully saturated rings. The first kappa shape index (κ1) is 19.4. The molecule has 2 aromatic rings. The van der Waals surface area contributed by atoms with Gasteiger partial charge in [-0.1, -0.05) is 0 Å². The molecule has 0 aliphatic rings. The zero-order chi connectivity index (χ0) is 16.8. The number of aromatic nitrogens is 1. The largest absolute Gasteiger partial charge is 0.493 e. The number of nitrogens with one attached hydrogen (secondary N) is 1. The van der Waals surface area contributed by atoms with Crippen molar-refractivity contribution in [1.29, 1.82) is 0 Å². The molecule has 1 aromatic heterocycles. The van der Waals surface area contributed by atoms with E-state index in [9.17, 15) is 4.79 Å². The van der Waals surface area contributed by atoms with Crippen LogP contribution in [-0.2, 0) is 11.2 Å². The minimum Gasteiger partial charge on any atom is -0.493 e. The second-order valence-electron chi connectivity index (χ2n) is 4.72. The maximum atomic E-state index is 12.1. The van der Waals surface area contributed by atoms with Gasteiger partial charge in [0, 0.05) is 23.5 Å². The number of nitrogen functional groups attached to an aromatic ring is 1. The van der Waals surface area contributed by atoms with Crippen molar-refractivity contribution in [3.05, 3.63) is 36.2 Å². The van der Waals surface area contributed by atoms with E-state index in [-0.39, 0.29) is 24.7 Å². The van der Waals surface area contributed by atoms with Gasteiger partial charge in [-0.2, -0.15) is 0 Å². The van der Waals surface area contributed by atoms with E-state index in [1.54, 1.807) is 24.3 Å². The number of amides is 1. The highest BCUT2D eigenvalue weighted by Crippen LogP contribution is 2.39. The molecular formula is C16H20ClN3O4. The number of ether oxygens (including phenoxy) is 3. The zero-order valence-electron chi connectivity index (χ0n) is 13.7. The summed E-state index contributed by atoms with van der Waals surface area (Å²) in [5.41, 5.74) is 7.29. The number of nitrogens with zero attached hydrogens (tertiary/aromatic N) is 1. The molecule has 0 atom stereocenters. The molecule has 1 amide bonds. The van der Waals surface area contributed by atoms with Crippen molar-refractivity contribution in [3.8, 4) is 17.2 Å². The molecule has 2 rings (SSSR count). The lowest BCUT2D eigenvalue weighted by Gasteiger charge is -2.14. The maximum Gasteiger partial charge on any atom is 0.230 e. The van der Waals surface area contributed by atoms with Crippen LogP contribution in [0.25, 0.3) is 0 Å². The van der Waals surface area contributed by atoms with E-state index in [0.717, 1.165) is 0 Å². The van der Waals surface area contributed by atoms with Gasteiger partial charge in [-0.3, -0.25) is 9.78 Å². The highest BCUT2D eigenvalue weighted by Gasteiger charge is 2.14. The van der Waals surface area contributed by atoms with Crippen molar-refractivity contribution >= 4 is 29.7 Å². The van der Waals surface area contributed by atoms with Gasteiger partial charge in [-0.05, 0) is 12.1 Å². The lowest BCUT2D eigenvalue weighted by molar-refractivity contribution is -0.115. The number of methoxy groups -OCH3 is 3. The number of carbonyl (C=O) groups is 1. The van der Waals surface area contributed by atoms with Crippen LogP contribution >= 0.6 is 12.4 Å². The summed E-state index contributed by atoms with van der Waals surface area (Å²) in [6.07, 6.45) is 1.65. The molecule has 0 spiro atoms. The van der Waals surface area contributed by atoms with E-state index >= 15 is 0 Å². The first-order valence-electron chi connectivity index (χ1n) is 6.87. The van der Waals surface area contributed by atoms with Crippen LogP contribution in [-0.4, -0.2) is 32.2 Å². The van der Waals surface area contributed by atoms with E-state index < -0.39 is 0 Å². The number of hydrogen-bond donors (Lipinski definition) is 2.